The molecule has 1 aromatic carbocycles. The minimum Gasteiger partial charge on any atom is -0.493 e. The second kappa shape index (κ2) is 7.43. The number of rotatable bonds is 7. The number of anilines is 1. The lowest BCUT2D eigenvalue weighted by molar-refractivity contribution is 0.317. The monoisotopic (exact) mass is 227 g/mol. The fourth-order valence-electron chi connectivity index (χ4n) is 1.12. The zero-order chi connectivity index (χ0) is 10.9. The molecule has 0 heterocycles. The summed E-state index contributed by atoms with van der Waals surface area (Å²) in [6.07, 6.45) is 0.986. The van der Waals surface area contributed by atoms with Gasteiger partial charge in [-0.25, -0.2) is 0 Å². The highest BCUT2D eigenvalue weighted by Gasteiger charge is 1.94. The third-order valence-corrected chi connectivity index (χ3v) is 2.84. The normalized spacial score (nSPS) is 10.2. The van der Waals surface area contributed by atoms with Crippen LogP contribution in [0, 0.1) is 0 Å². The average molecular weight is 227 g/mol. The van der Waals surface area contributed by atoms with Crippen LogP contribution in [0.2, 0.25) is 0 Å². The van der Waals surface area contributed by atoms with Crippen molar-refractivity contribution in [3.8, 4) is 5.75 Å². The molecule has 3 nitrogen and oxygen atoms in total. The van der Waals surface area contributed by atoms with Crippen LogP contribution in [-0.2, 0) is 0 Å². The van der Waals surface area contributed by atoms with Gasteiger partial charge in [0.2, 0.25) is 0 Å². The van der Waals surface area contributed by atoms with Gasteiger partial charge >= 0.3 is 0 Å². The summed E-state index contributed by atoms with van der Waals surface area (Å²) >= 11 is 1.74. The minimum atomic E-state index is 0.251. The van der Waals surface area contributed by atoms with Crippen LogP contribution in [0.25, 0.3) is 0 Å². The summed E-state index contributed by atoms with van der Waals surface area (Å²) in [5.41, 5.74) is 6.34. The Labute approximate surface area is 94.6 Å². The molecule has 4 heteroatoms. The van der Waals surface area contributed by atoms with E-state index in [0.717, 1.165) is 29.4 Å². The van der Waals surface area contributed by atoms with Crippen LogP contribution in [0.3, 0.4) is 0 Å². The maximum absolute atomic E-state index is 8.57. The molecular weight excluding hydrogens is 210 g/mol. The second-order valence-corrected chi connectivity index (χ2v) is 4.34. The average Bonchev–Trinajstić information content (AvgIpc) is 2.23. The Morgan fingerprint density at radius 1 is 1.33 bits per heavy atom. The molecule has 0 saturated heterocycles. The van der Waals surface area contributed by atoms with Crippen molar-refractivity contribution in [2.24, 2.45) is 0 Å². The molecule has 0 saturated carbocycles. The molecular formula is C11H17NO2S. The summed E-state index contributed by atoms with van der Waals surface area (Å²) in [5.74, 6) is 2.64. The van der Waals surface area contributed by atoms with E-state index in [2.05, 4.69) is 0 Å². The van der Waals surface area contributed by atoms with Crippen LogP contribution in [-0.4, -0.2) is 29.8 Å². The topological polar surface area (TPSA) is 55.5 Å². The molecule has 1 rings (SSSR count). The van der Waals surface area contributed by atoms with E-state index in [1.807, 2.05) is 24.3 Å². The van der Waals surface area contributed by atoms with Crippen LogP contribution in [0.5, 0.6) is 5.75 Å². The summed E-state index contributed by atoms with van der Waals surface area (Å²) in [6, 6.07) is 7.44. The lowest BCUT2D eigenvalue weighted by Crippen LogP contribution is -2.00. The van der Waals surface area contributed by atoms with Crippen molar-refractivity contribution in [1.82, 2.24) is 0 Å². The molecule has 84 valence electrons. The fourth-order valence-corrected chi connectivity index (χ4v) is 1.78. The Morgan fingerprint density at radius 3 is 2.93 bits per heavy atom. The van der Waals surface area contributed by atoms with Crippen molar-refractivity contribution in [2.75, 3.05) is 30.5 Å². The van der Waals surface area contributed by atoms with Gasteiger partial charge in [-0.15, -0.1) is 0 Å². The van der Waals surface area contributed by atoms with Crippen LogP contribution in [0.15, 0.2) is 24.3 Å². The molecule has 1 aromatic rings. The number of nitrogens with two attached hydrogens (primary N) is 1. The first-order chi connectivity index (χ1) is 7.33. The molecule has 0 aliphatic heterocycles. The molecule has 0 aliphatic rings. The molecule has 15 heavy (non-hydrogen) atoms. The number of aliphatic hydroxyl groups excluding tert-OH is 1. The molecule has 0 aromatic heterocycles. The van der Waals surface area contributed by atoms with Gasteiger partial charge < -0.3 is 15.6 Å². The number of benzene rings is 1. The van der Waals surface area contributed by atoms with Gasteiger partial charge in [0.15, 0.2) is 0 Å². The molecule has 0 radical (unpaired) electrons. The number of thioether (sulfide) groups is 1. The van der Waals surface area contributed by atoms with E-state index in [4.69, 9.17) is 15.6 Å². The van der Waals surface area contributed by atoms with Gasteiger partial charge in [0, 0.05) is 17.5 Å². The largest absolute Gasteiger partial charge is 0.493 e. The summed E-state index contributed by atoms with van der Waals surface area (Å²) in [6.45, 7) is 0.947. The van der Waals surface area contributed by atoms with Gasteiger partial charge in [0.1, 0.15) is 5.75 Å². The van der Waals surface area contributed by atoms with E-state index >= 15 is 0 Å². The van der Waals surface area contributed by atoms with E-state index < -0.39 is 0 Å². The third-order valence-electron chi connectivity index (χ3n) is 1.80. The molecule has 0 fully saturated rings. The van der Waals surface area contributed by atoms with Crippen molar-refractivity contribution < 1.29 is 9.84 Å². The van der Waals surface area contributed by atoms with Crippen molar-refractivity contribution in [3.63, 3.8) is 0 Å². The summed E-state index contributed by atoms with van der Waals surface area (Å²) in [5, 5.41) is 8.57. The highest BCUT2D eigenvalue weighted by atomic mass is 32.2. The Hall–Kier alpha value is -0.870. The van der Waals surface area contributed by atoms with Crippen LogP contribution in [0.1, 0.15) is 6.42 Å². The van der Waals surface area contributed by atoms with Crippen LogP contribution < -0.4 is 10.5 Å². The quantitative estimate of drug-likeness (QED) is 0.550. The molecule has 3 N–H and O–H groups in total. The standard InChI is InChI=1S/C11H17NO2S/c12-10-3-1-4-11(9-10)14-6-2-7-15-8-5-13/h1,3-4,9,13H,2,5-8,12H2. The molecule has 0 bridgehead atoms. The zero-order valence-corrected chi connectivity index (χ0v) is 9.50. The Bertz CT molecular complexity index is 281. The zero-order valence-electron chi connectivity index (χ0n) is 8.69. The summed E-state index contributed by atoms with van der Waals surface area (Å²) in [4.78, 5) is 0. The molecule has 0 amide bonds. The van der Waals surface area contributed by atoms with E-state index in [1.54, 1.807) is 11.8 Å². The SMILES string of the molecule is Nc1cccc(OCCCSCCO)c1. The van der Waals surface area contributed by atoms with Gasteiger partial charge in [-0.05, 0) is 24.3 Å². The van der Waals surface area contributed by atoms with Gasteiger partial charge in [-0.3, -0.25) is 0 Å². The maximum Gasteiger partial charge on any atom is 0.121 e. The van der Waals surface area contributed by atoms with Gasteiger partial charge in [-0.1, -0.05) is 6.07 Å². The summed E-state index contributed by atoms with van der Waals surface area (Å²) < 4.78 is 5.51. The first-order valence-electron chi connectivity index (χ1n) is 5.00. The Balaban J connectivity index is 2.10. The lowest BCUT2D eigenvalue weighted by Gasteiger charge is -2.06. The highest BCUT2D eigenvalue weighted by Crippen LogP contribution is 2.14. The second-order valence-electron chi connectivity index (χ2n) is 3.11. The smallest absolute Gasteiger partial charge is 0.121 e. The number of ether oxygens (including phenoxy) is 1. The molecule has 0 atom stereocenters. The summed E-state index contributed by atoms with van der Waals surface area (Å²) in [7, 11) is 0. The lowest BCUT2D eigenvalue weighted by atomic mass is 10.3. The highest BCUT2D eigenvalue weighted by molar-refractivity contribution is 7.99. The number of nitrogen functional groups attached to an aromatic ring is 1. The minimum absolute atomic E-state index is 0.251. The maximum atomic E-state index is 8.57. The van der Waals surface area contributed by atoms with Crippen molar-refractivity contribution >= 4 is 17.4 Å². The fraction of sp³-hybridized carbons (Fsp3) is 0.455. The van der Waals surface area contributed by atoms with Gasteiger partial charge in [0.25, 0.3) is 0 Å². The number of hydrogen-bond donors (Lipinski definition) is 2. The van der Waals surface area contributed by atoms with Gasteiger partial charge in [-0.2, -0.15) is 11.8 Å². The Kier molecular flexibility index (Phi) is 6.04. The Morgan fingerprint density at radius 2 is 2.20 bits per heavy atom. The predicted octanol–water partition coefficient (Wildman–Crippen LogP) is 1.76. The van der Waals surface area contributed by atoms with Crippen molar-refractivity contribution in [3.05, 3.63) is 24.3 Å². The third kappa shape index (κ3) is 5.54. The first-order valence-corrected chi connectivity index (χ1v) is 6.15. The van der Waals surface area contributed by atoms with Gasteiger partial charge in [0.05, 0.1) is 13.2 Å². The van der Waals surface area contributed by atoms with Crippen molar-refractivity contribution in [1.29, 1.82) is 0 Å². The molecule has 0 aliphatic carbocycles. The van der Waals surface area contributed by atoms with Crippen LogP contribution >= 0.6 is 11.8 Å². The predicted molar refractivity (Wildman–Crippen MR) is 65.4 cm³/mol. The van der Waals surface area contributed by atoms with E-state index in [1.165, 1.54) is 0 Å². The first kappa shape index (κ1) is 12.2. The van der Waals surface area contributed by atoms with E-state index in [9.17, 15) is 0 Å². The number of aliphatic hydroxyl groups is 1. The van der Waals surface area contributed by atoms with Crippen molar-refractivity contribution in [2.45, 2.75) is 6.42 Å². The van der Waals surface area contributed by atoms with E-state index in [0.29, 0.717) is 6.61 Å². The molecule has 0 spiro atoms. The van der Waals surface area contributed by atoms with Crippen LogP contribution in [0.4, 0.5) is 5.69 Å². The number of hydrogen-bond acceptors (Lipinski definition) is 4. The van der Waals surface area contributed by atoms with E-state index in [-0.39, 0.29) is 6.61 Å². The molecule has 0 unspecified atom stereocenters.